The van der Waals surface area contributed by atoms with Gasteiger partial charge in [-0.1, -0.05) is 0 Å². The summed E-state index contributed by atoms with van der Waals surface area (Å²) in [6.07, 6.45) is -1.54. The summed E-state index contributed by atoms with van der Waals surface area (Å²) in [5.41, 5.74) is 0. The molecule has 0 aliphatic rings. The second-order valence-corrected chi connectivity index (χ2v) is 6.66. The highest BCUT2D eigenvalue weighted by atomic mass is 32.1. The number of ketones is 1. The number of benzene rings is 1. The standard InChI is InChI=1S/C18H20F2O5S/c1-4-25-17(22)9-12(21)5-6-18(19,20)16-8-11-7-13(23-2)14(24-3)10-15(11)26-16/h7-8,10H,4-6,9H2,1-3H3. The predicted octanol–water partition coefficient (Wildman–Crippen LogP) is 4.31. The van der Waals surface area contributed by atoms with E-state index in [4.69, 9.17) is 9.47 Å². The fraction of sp³-hybridized carbons (Fsp3) is 0.444. The Hall–Kier alpha value is -2.22. The molecule has 0 bridgehead atoms. The molecule has 0 fully saturated rings. The van der Waals surface area contributed by atoms with Crippen molar-refractivity contribution < 1.29 is 32.6 Å². The Kier molecular flexibility index (Phi) is 6.52. The summed E-state index contributed by atoms with van der Waals surface area (Å²) in [6, 6.07) is 4.66. The first-order chi connectivity index (χ1) is 12.3. The number of carbonyl (C=O) groups is 2. The minimum atomic E-state index is -3.17. The number of methoxy groups -OCH3 is 2. The van der Waals surface area contributed by atoms with Gasteiger partial charge in [0.25, 0.3) is 5.92 Å². The molecule has 0 unspecified atom stereocenters. The number of esters is 1. The molecule has 8 heteroatoms. The van der Waals surface area contributed by atoms with E-state index in [1.54, 1.807) is 19.1 Å². The van der Waals surface area contributed by atoms with Crippen LogP contribution >= 0.6 is 11.3 Å². The van der Waals surface area contributed by atoms with E-state index in [-0.39, 0.29) is 11.5 Å². The van der Waals surface area contributed by atoms with Crippen LogP contribution in [0.2, 0.25) is 0 Å². The molecule has 5 nitrogen and oxygen atoms in total. The average Bonchev–Trinajstić information content (AvgIpc) is 3.02. The Morgan fingerprint density at radius 3 is 2.38 bits per heavy atom. The Morgan fingerprint density at radius 2 is 1.77 bits per heavy atom. The zero-order valence-electron chi connectivity index (χ0n) is 14.8. The first-order valence-corrected chi connectivity index (χ1v) is 8.83. The minimum Gasteiger partial charge on any atom is -0.493 e. The molecule has 0 atom stereocenters. The molecule has 2 aromatic rings. The highest BCUT2D eigenvalue weighted by molar-refractivity contribution is 7.19. The molecule has 0 saturated heterocycles. The van der Waals surface area contributed by atoms with E-state index in [1.165, 1.54) is 20.3 Å². The first-order valence-electron chi connectivity index (χ1n) is 8.02. The number of carbonyl (C=O) groups excluding carboxylic acids is 2. The van der Waals surface area contributed by atoms with E-state index in [1.807, 2.05) is 0 Å². The molecule has 0 radical (unpaired) electrons. The van der Waals surface area contributed by atoms with Crippen LogP contribution in [0.25, 0.3) is 10.1 Å². The maximum Gasteiger partial charge on any atom is 0.313 e. The lowest BCUT2D eigenvalue weighted by molar-refractivity contribution is -0.146. The van der Waals surface area contributed by atoms with Crippen LogP contribution in [0.5, 0.6) is 11.5 Å². The van der Waals surface area contributed by atoms with Gasteiger partial charge in [0, 0.05) is 23.6 Å². The largest absolute Gasteiger partial charge is 0.493 e. The number of rotatable bonds is 9. The Morgan fingerprint density at radius 1 is 1.12 bits per heavy atom. The molecule has 0 aliphatic heterocycles. The number of ether oxygens (including phenoxy) is 3. The third-order valence-corrected chi connectivity index (χ3v) is 4.96. The van der Waals surface area contributed by atoms with Crippen LogP contribution in [0.15, 0.2) is 18.2 Å². The summed E-state index contributed by atoms with van der Waals surface area (Å²) >= 11 is 0.938. The molecule has 0 saturated carbocycles. The molecule has 0 amide bonds. The van der Waals surface area contributed by atoms with Crippen molar-refractivity contribution in [1.82, 2.24) is 0 Å². The fourth-order valence-corrected chi connectivity index (χ4v) is 3.50. The lowest BCUT2D eigenvalue weighted by Gasteiger charge is -2.13. The number of thiophene rings is 1. The predicted molar refractivity (Wildman–Crippen MR) is 94.3 cm³/mol. The van der Waals surface area contributed by atoms with Gasteiger partial charge >= 0.3 is 5.97 Å². The molecule has 26 heavy (non-hydrogen) atoms. The van der Waals surface area contributed by atoms with Crippen molar-refractivity contribution in [2.24, 2.45) is 0 Å². The van der Waals surface area contributed by atoms with Gasteiger partial charge in [0.15, 0.2) is 11.5 Å². The summed E-state index contributed by atoms with van der Waals surface area (Å²) in [7, 11) is 2.95. The third kappa shape index (κ3) is 4.69. The quantitative estimate of drug-likeness (QED) is 0.475. The van der Waals surface area contributed by atoms with Crippen molar-refractivity contribution in [1.29, 1.82) is 0 Å². The van der Waals surface area contributed by atoms with Crippen molar-refractivity contribution in [3.8, 4) is 11.5 Å². The molecule has 0 aliphatic carbocycles. The highest BCUT2D eigenvalue weighted by Gasteiger charge is 2.34. The second-order valence-electron chi connectivity index (χ2n) is 5.58. The van der Waals surface area contributed by atoms with Crippen molar-refractivity contribution in [3.63, 3.8) is 0 Å². The van der Waals surface area contributed by atoms with Crippen LogP contribution in [-0.4, -0.2) is 32.6 Å². The Balaban J connectivity index is 2.13. The van der Waals surface area contributed by atoms with Crippen LogP contribution in [0.1, 0.15) is 31.1 Å². The van der Waals surface area contributed by atoms with Gasteiger partial charge in [-0.3, -0.25) is 9.59 Å². The van der Waals surface area contributed by atoms with Gasteiger partial charge in [-0.15, -0.1) is 11.3 Å². The molecule has 2 rings (SSSR count). The average molecular weight is 386 g/mol. The third-order valence-electron chi connectivity index (χ3n) is 3.75. The van der Waals surface area contributed by atoms with Crippen LogP contribution in [0.3, 0.4) is 0 Å². The molecule has 0 N–H and O–H groups in total. The number of fused-ring (bicyclic) bond motifs is 1. The summed E-state index contributed by atoms with van der Waals surface area (Å²) in [4.78, 5) is 22.8. The highest BCUT2D eigenvalue weighted by Crippen LogP contribution is 2.43. The number of halogens is 2. The van der Waals surface area contributed by atoms with E-state index < -0.39 is 36.9 Å². The van der Waals surface area contributed by atoms with Gasteiger partial charge in [-0.2, -0.15) is 0 Å². The number of hydrogen-bond acceptors (Lipinski definition) is 6. The van der Waals surface area contributed by atoms with Gasteiger partial charge in [-0.05, 0) is 24.4 Å². The van der Waals surface area contributed by atoms with Gasteiger partial charge in [0.2, 0.25) is 0 Å². The topological polar surface area (TPSA) is 61.8 Å². The van der Waals surface area contributed by atoms with Gasteiger partial charge in [-0.25, -0.2) is 8.78 Å². The normalized spacial score (nSPS) is 11.4. The zero-order chi connectivity index (χ0) is 19.3. The maximum absolute atomic E-state index is 14.5. The molecule has 1 aromatic carbocycles. The van der Waals surface area contributed by atoms with Crippen LogP contribution in [-0.2, 0) is 20.2 Å². The number of alkyl halides is 2. The van der Waals surface area contributed by atoms with Crippen LogP contribution < -0.4 is 9.47 Å². The first kappa shape index (κ1) is 20.1. The minimum absolute atomic E-state index is 0.147. The molecular formula is C18H20F2O5S. The smallest absolute Gasteiger partial charge is 0.313 e. The Bertz CT molecular complexity index is 759. The lowest BCUT2D eigenvalue weighted by Crippen LogP contribution is -2.16. The van der Waals surface area contributed by atoms with Crippen LogP contribution in [0.4, 0.5) is 8.78 Å². The van der Waals surface area contributed by atoms with Gasteiger partial charge in [0.1, 0.15) is 12.2 Å². The lowest BCUT2D eigenvalue weighted by atomic mass is 10.1. The van der Waals surface area contributed by atoms with Crippen molar-refractivity contribution in [2.45, 2.75) is 32.1 Å². The maximum atomic E-state index is 14.5. The van der Waals surface area contributed by atoms with Gasteiger partial charge in [0.05, 0.1) is 25.7 Å². The SMILES string of the molecule is CCOC(=O)CC(=O)CCC(F)(F)c1cc2cc(OC)c(OC)cc2s1. The second kappa shape index (κ2) is 8.44. The molecular weight excluding hydrogens is 366 g/mol. The van der Waals surface area contributed by atoms with E-state index in [0.717, 1.165) is 11.3 Å². The monoisotopic (exact) mass is 386 g/mol. The fourth-order valence-electron chi connectivity index (χ4n) is 2.43. The molecule has 1 aromatic heterocycles. The van der Waals surface area contributed by atoms with E-state index >= 15 is 0 Å². The number of hydrogen-bond donors (Lipinski definition) is 0. The number of Topliss-reactive ketones (excluding diaryl/α,β-unsaturated/α-hetero) is 1. The van der Waals surface area contributed by atoms with E-state index in [9.17, 15) is 18.4 Å². The molecule has 142 valence electrons. The summed E-state index contributed by atoms with van der Waals surface area (Å²) in [5, 5.41) is 0.611. The van der Waals surface area contributed by atoms with Crippen molar-refractivity contribution in [2.75, 3.05) is 20.8 Å². The van der Waals surface area contributed by atoms with E-state index in [0.29, 0.717) is 21.6 Å². The molecule has 0 spiro atoms. The van der Waals surface area contributed by atoms with E-state index in [2.05, 4.69) is 4.74 Å². The summed E-state index contributed by atoms with van der Waals surface area (Å²) < 4.78 is 44.6. The van der Waals surface area contributed by atoms with Crippen LogP contribution in [0, 0.1) is 0 Å². The van der Waals surface area contributed by atoms with Crippen molar-refractivity contribution in [3.05, 3.63) is 23.1 Å². The van der Waals surface area contributed by atoms with Gasteiger partial charge < -0.3 is 14.2 Å². The molecule has 1 heterocycles. The zero-order valence-corrected chi connectivity index (χ0v) is 15.6. The Labute approximate surface area is 153 Å². The summed E-state index contributed by atoms with van der Waals surface area (Å²) in [6.45, 7) is 1.76. The summed E-state index contributed by atoms with van der Waals surface area (Å²) in [5.74, 6) is -3.51. The van der Waals surface area contributed by atoms with Crippen molar-refractivity contribution >= 4 is 33.2 Å².